The molecule has 1 saturated heterocycles. The number of ketones is 2. The highest BCUT2D eigenvalue weighted by molar-refractivity contribution is 6.01. The first-order valence-corrected chi connectivity index (χ1v) is 15.3. The van der Waals surface area contributed by atoms with Gasteiger partial charge in [-0.2, -0.15) is 0 Å². The second kappa shape index (κ2) is 9.62. The molecule has 1 aliphatic heterocycles. The third kappa shape index (κ3) is 3.80. The first-order valence-electron chi connectivity index (χ1n) is 15.3. The van der Waals surface area contributed by atoms with Gasteiger partial charge in [0.1, 0.15) is 12.4 Å². The summed E-state index contributed by atoms with van der Waals surface area (Å²) < 4.78 is 19.6. The highest BCUT2D eigenvalue weighted by Gasteiger charge is 2.75. The maximum atomic E-state index is 14.5. The van der Waals surface area contributed by atoms with Crippen molar-refractivity contribution >= 4 is 22.3 Å². The maximum absolute atomic E-state index is 14.5. The van der Waals surface area contributed by atoms with E-state index in [1.54, 1.807) is 12.2 Å². The van der Waals surface area contributed by atoms with Gasteiger partial charge in [0.25, 0.3) is 0 Å². The lowest BCUT2D eigenvalue weighted by atomic mass is 9.46. The number of carbonyl (C=O) groups is 2. The summed E-state index contributed by atoms with van der Waals surface area (Å²) >= 11 is 0. The van der Waals surface area contributed by atoms with E-state index in [4.69, 9.17) is 14.2 Å². The van der Waals surface area contributed by atoms with Gasteiger partial charge in [0.05, 0.1) is 12.2 Å². The number of carbonyl (C=O) groups excluding carboxylic acids is 2. The maximum Gasteiger partial charge on any atom is 0.205 e. The Bertz CT molecular complexity index is 1450. The minimum Gasteiger partial charge on any atom is -0.485 e. The number of ether oxygens (including phenoxy) is 3. The molecule has 4 aliphatic carbocycles. The fourth-order valence-corrected chi connectivity index (χ4v) is 9.58. The van der Waals surface area contributed by atoms with Crippen LogP contribution in [0.15, 0.2) is 66.3 Å². The van der Waals surface area contributed by atoms with Gasteiger partial charge in [-0.05, 0) is 67.5 Å². The Morgan fingerprint density at radius 1 is 1.15 bits per heavy atom. The van der Waals surface area contributed by atoms with Gasteiger partial charge in [-0.1, -0.05) is 75.2 Å². The minimum absolute atomic E-state index is 0.0192. The molecule has 0 aromatic heterocycles. The Balaban J connectivity index is 1.23. The van der Waals surface area contributed by atoms with Crippen molar-refractivity contribution in [1.29, 1.82) is 0 Å². The number of allylic oxidation sites excluding steroid dienone is 4. The van der Waals surface area contributed by atoms with E-state index in [2.05, 4.69) is 20.8 Å². The molecule has 216 valence electrons. The highest BCUT2D eigenvalue weighted by Crippen LogP contribution is 2.69. The van der Waals surface area contributed by atoms with Crippen molar-refractivity contribution in [3.63, 3.8) is 0 Å². The Morgan fingerprint density at radius 2 is 1.95 bits per heavy atom. The van der Waals surface area contributed by atoms with E-state index in [9.17, 15) is 14.7 Å². The quantitative estimate of drug-likeness (QED) is 0.473. The molecule has 0 amide bonds. The number of Topliss-reactive ketones (excluding diaryl/α,β-unsaturated/α-hetero) is 1. The number of benzene rings is 2. The number of hydrogen-bond donors (Lipinski definition) is 1. The van der Waals surface area contributed by atoms with E-state index in [1.165, 1.54) is 0 Å². The summed E-state index contributed by atoms with van der Waals surface area (Å²) in [4.78, 5) is 26.7. The standard InChI is InChI=1S/C35H40O6/c1-4-8-31-40-30-18-26-25-14-13-22-17-23(36)15-16-33(22,2)32(25)27(37)19-34(26,3)35(30,41-31)29(38)20-39-28-12-7-10-21-9-5-6-11-24(21)28/h5-7,9-12,15-17,25-27,30-32,37H,4,8,13-14,18-20H2,1-3H3/t25?,26?,27-,30+,31?,32?,33?,34?,35-/m0/s1. The van der Waals surface area contributed by atoms with Crippen LogP contribution in [0.1, 0.15) is 59.3 Å². The monoisotopic (exact) mass is 556 g/mol. The summed E-state index contributed by atoms with van der Waals surface area (Å²) in [5.74, 6) is 0.921. The van der Waals surface area contributed by atoms with Crippen LogP contribution < -0.4 is 4.74 Å². The van der Waals surface area contributed by atoms with Crippen LogP contribution in [0.2, 0.25) is 0 Å². The van der Waals surface area contributed by atoms with Crippen LogP contribution in [0.25, 0.3) is 10.8 Å². The number of aliphatic hydroxyl groups excluding tert-OH is 1. The second-order valence-corrected chi connectivity index (χ2v) is 13.3. The molecule has 0 spiro atoms. The molecule has 0 radical (unpaired) electrons. The molecule has 1 heterocycles. The molecule has 6 unspecified atom stereocenters. The van der Waals surface area contributed by atoms with Crippen LogP contribution in [-0.4, -0.2) is 47.4 Å². The summed E-state index contributed by atoms with van der Waals surface area (Å²) in [6.45, 7) is 6.30. The zero-order valence-electron chi connectivity index (χ0n) is 24.2. The van der Waals surface area contributed by atoms with Gasteiger partial charge in [0.15, 0.2) is 17.7 Å². The fraction of sp³-hybridized carbons (Fsp3) is 0.543. The number of aliphatic hydroxyl groups is 1. The Hall–Kier alpha value is -2.80. The van der Waals surface area contributed by atoms with E-state index in [0.717, 1.165) is 48.4 Å². The van der Waals surface area contributed by atoms with Gasteiger partial charge < -0.3 is 19.3 Å². The molecule has 41 heavy (non-hydrogen) atoms. The lowest BCUT2D eigenvalue weighted by molar-refractivity contribution is -0.200. The van der Waals surface area contributed by atoms with Crippen molar-refractivity contribution in [1.82, 2.24) is 0 Å². The molecule has 1 N–H and O–H groups in total. The largest absolute Gasteiger partial charge is 0.485 e. The molecular weight excluding hydrogens is 516 g/mol. The molecule has 6 nitrogen and oxygen atoms in total. The van der Waals surface area contributed by atoms with Gasteiger partial charge in [-0.25, -0.2) is 0 Å². The van der Waals surface area contributed by atoms with E-state index in [0.29, 0.717) is 12.2 Å². The summed E-state index contributed by atoms with van der Waals surface area (Å²) in [5.41, 5.74) is -1.03. The number of hydrogen-bond acceptors (Lipinski definition) is 6. The van der Waals surface area contributed by atoms with Crippen LogP contribution in [0, 0.1) is 28.6 Å². The van der Waals surface area contributed by atoms with Crippen LogP contribution in [0.4, 0.5) is 0 Å². The van der Waals surface area contributed by atoms with Gasteiger partial charge in [0.2, 0.25) is 5.78 Å². The highest BCUT2D eigenvalue weighted by atomic mass is 16.7. The predicted molar refractivity (Wildman–Crippen MR) is 155 cm³/mol. The number of fused-ring (bicyclic) bond motifs is 8. The van der Waals surface area contributed by atoms with Crippen molar-refractivity contribution in [2.24, 2.45) is 28.6 Å². The lowest BCUT2D eigenvalue weighted by Gasteiger charge is -2.59. The molecule has 6 heteroatoms. The van der Waals surface area contributed by atoms with Crippen molar-refractivity contribution in [2.45, 2.75) is 83.4 Å². The van der Waals surface area contributed by atoms with E-state index >= 15 is 0 Å². The summed E-state index contributed by atoms with van der Waals surface area (Å²) in [6, 6.07) is 13.9. The molecule has 7 rings (SSSR count). The van der Waals surface area contributed by atoms with Crippen LogP contribution in [0.5, 0.6) is 5.75 Å². The van der Waals surface area contributed by atoms with E-state index in [-0.39, 0.29) is 47.4 Å². The van der Waals surface area contributed by atoms with Gasteiger partial charge in [-0.15, -0.1) is 0 Å². The Morgan fingerprint density at radius 3 is 2.78 bits per heavy atom. The molecule has 9 atom stereocenters. The first-order chi connectivity index (χ1) is 19.7. The predicted octanol–water partition coefficient (Wildman–Crippen LogP) is 5.96. The topological polar surface area (TPSA) is 82.1 Å². The Labute approximate surface area is 241 Å². The minimum atomic E-state index is -1.18. The average molecular weight is 557 g/mol. The van der Waals surface area contributed by atoms with Crippen molar-refractivity contribution in [2.75, 3.05) is 6.61 Å². The molecule has 3 saturated carbocycles. The van der Waals surface area contributed by atoms with Crippen LogP contribution in [-0.2, 0) is 19.1 Å². The zero-order valence-corrected chi connectivity index (χ0v) is 24.2. The van der Waals surface area contributed by atoms with Crippen molar-refractivity contribution in [3.8, 4) is 5.75 Å². The third-order valence-electron chi connectivity index (χ3n) is 11.3. The molecular formula is C35H40O6. The van der Waals surface area contributed by atoms with E-state index in [1.807, 2.05) is 48.5 Å². The smallest absolute Gasteiger partial charge is 0.205 e. The number of rotatable bonds is 6. The Kier molecular flexibility index (Phi) is 6.35. The molecule has 2 aromatic rings. The fourth-order valence-electron chi connectivity index (χ4n) is 9.58. The van der Waals surface area contributed by atoms with Gasteiger partial charge in [0, 0.05) is 22.1 Å². The van der Waals surface area contributed by atoms with E-state index < -0.39 is 23.4 Å². The zero-order chi connectivity index (χ0) is 28.6. The second-order valence-electron chi connectivity index (χ2n) is 13.3. The van der Waals surface area contributed by atoms with Crippen LogP contribution >= 0.6 is 0 Å². The summed E-state index contributed by atoms with van der Waals surface area (Å²) in [6.07, 6.45) is 8.48. The molecule has 0 bridgehead atoms. The molecule has 2 aromatic carbocycles. The normalized spacial score (nSPS) is 40.9. The summed E-state index contributed by atoms with van der Waals surface area (Å²) in [7, 11) is 0. The van der Waals surface area contributed by atoms with Gasteiger partial charge in [-0.3, -0.25) is 9.59 Å². The molecule has 4 fully saturated rings. The lowest BCUT2D eigenvalue weighted by Crippen LogP contribution is -2.63. The van der Waals surface area contributed by atoms with Crippen LogP contribution in [0.3, 0.4) is 0 Å². The summed E-state index contributed by atoms with van der Waals surface area (Å²) in [5, 5.41) is 13.9. The SMILES string of the molecule is CCCC1O[C@@H]2CC3C4CCC5=CC(=O)C=CC5(C)C4[C@@H](O)CC3(C)[C@@]2(C(=O)COc2cccc3ccccc23)O1. The van der Waals surface area contributed by atoms with Crippen molar-refractivity contribution in [3.05, 3.63) is 66.3 Å². The first kappa shape index (κ1) is 27.1. The molecule has 5 aliphatic rings. The third-order valence-corrected chi connectivity index (χ3v) is 11.3. The van der Waals surface area contributed by atoms with Crippen molar-refractivity contribution < 1.29 is 28.9 Å². The van der Waals surface area contributed by atoms with Gasteiger partial charge >= 0.3 is 0 Å². The average Bonchev–Trinajstić information content (AvgIpc) is 3.44.